The maximum absolute atomic E-state index is 8.79. The zero-order valence-corrected chi connectivity index (χ0v) is 9.10. The highest BCUT2D eigenvalue weighted by atomic mass is 16.2. The highest BCUT2D eigenvalue weighted by molar-refractivity contribution is 5.15. The average Bonchev–Trinajstić information content (AvgIpc) is 2.26. The first-order chi connectivity index (χ1) is 7.40. The smallest absolute Gasteiger partial charge is 0.0431 e. The minimum atomic E-state index is 0.329. The number of rotatable bonds is 5. The SMILES string of the molecule is OCCCC1CCN1Cc1ccccc1. The van der Waals surface area contributed by atoms with Gasteiger partial charge in [0.15, 0.2) is 0 Å². The van der Waals surface area contributed by atoms with Crippen molar-refractivity contribution in [1.29, 1.82) is 0 Å². The number of benzene rings is 1. The van der Waals surface area contributed by atoms with Crippen LogP contribution in [0.15, 0.2) is 30.3 Å². The van der Waals surface area contributed by atoms with E-state index in [2.05, 4.69) is 35.2 Å². The van der Waals surface area contributed by atoms with E-state index in [1.807, 2.05) is 0 Å². The summed E-state index contributed by atoms with van der Waals surface area (Å²) < 4.78 is 0. The van der Waals surface area contributed by atoms with Gasteiger partial charge in [-0.2, -0.15) is 0 Å². The summed E-state index contributed by atoms with van der Waals surface area (Å²) >= 11 is 0. The molecule has 1 aliphatic rings. The topological polar surface area (TPSA) is 23.5 Å². The summed E-state index contributed by atoms with van der Waals surface area (Å²) in [5.74, 6) is 0. The summed E-state index contributed by atoms with van der Waals surface area (Å²) in [5, 5.41) is 8.79. The second-order valence-electron chi connectivity index (χ2n) is 4.26. The lowest BCUT2D eigenvalue weighted by atomic mass is 9.97. The molecule has 0 amide bonds. The fraction of sp³-hybridized carbons (Fsp3) is 0.538. The van der Waals surface area contributed by atoms with Crippen molar-refractivity contribution >= 4 is 0 Å². The van der Waals surface area contributed by atoms with Gasteiger partial charge in [-0.1, -0.05) is 30.3 Å². The molecule has 0 aliphatic carbocycles. The summed E-state index contributed by atoms with van der Waals surface area (Å²) in [7, 11) is 0. The van der Waals surface area contributed by atoms with Gasteiger partial charge >= 0.3 is 0 Å². The Morgan fingerprint density at radius 2 is 2.07 bits per heavy atom. The van der Waals surface area contributed by atoms with Crippen LogP contribution in [-0.4, -0.2) is 29.2 Å². The molecule has 82 valence electrons. The van der Waals surface area contributed by atoms with Gasteiger partial charge < -0.3 is 5.11 Å². The fourth-order valence-electron chi connectivity index (χ4n) is 2.17. The highest BCUT2D eigenvalue weighted by Gasteiger charge is 2.26. The number of likely N-dealkylation sites (tertiary alicyclic amines) is 1. The quantitative estimate of drug-likeness (QED) is 0.795. The number of hydrogen-bond donors (Lipinski definition) is 1. The maximum Gasteiger partial charge on any atom is 0.0431 e. The van der Waals surface area contributed by atoms with Crippen LogP contribution in [0, 0.1) is 0 Å². The number of aliphatic hydroxyl groups is 1. The molecule has 1 aromatic carbocycles. The van der Waals surface area contributed by atoms with E-state index in [9.17, 15) is 0 Å². The van der Waals surface area contributed by atoms with E-state index in [1.54, 1.807) is 0 Å². The molecule has 0 spiro atoms. The van der Waals surface area contributed by atoms with Crippen LogP contribution in [0.3, 0.4) is 0 Å². The highest BCUT2D eigenvalue weighted by Crippen LogP contribution is 2.23. The van der Waals surface area contributed by atoms with Crippen LogP contribution in [0.1, 0.15) is 24.8 Å². The van der Waals surface area contributed by atoms with Gasteiger partial charge in [0.25, 0.3) is 0 Å². The van der Waals surface area contributed by atoms with E-state index in [1.165, 1.54) is 18.5 Å². The van der Waals surface area contributed by atoms with E-state index in [-0.39, 0.29) is 0 Å². The fourth-order valence-corrected chi connectivity index (χ4v) is 2.17. The zero-order valence-electron chi connectivity index (χ0n) is 9.10. The molecule has 1 N–H and O–H groups in total. The first-order valence-corrected chi connectivity index (χ1v) is 5.79. The van der Waals surface area contributed by atoms with Gasteiger partial charge in [-0.05, 0) is 24.8 Å². The molecule has 1 heterocycles. The third kappa shape index (κ3) is 2.80. The summed E-state index contributed by atoms with van der Waals surface area (Å²) in [6.07, 6.45) is 3.38. The van der Waals surface area contributed by atoms with Crippen molar-refractivity contribution in [3.63, 3.8) is 0 Å². The largest absolute Gasteiger partial charge is 0.396 e. The Morgan fingerprint density at radius 1 is 1.27 bits per heavy atom. The van der Waals surface area contributed by atoms with Gasteiger partial charge in [0.05, 0.1) is 0 Å². The van der Waals surface area contributed by atoms with Crippen molar-refractivity contribution in [3.05, 3.63) is 35.9 Å². The van der Waals surface area contributed by atoms with Gasteiger partial charge in [-0.25, -0.2) is 0 Å². The molecule has 1 fully saturated rings. The van der Waals surface area contributed by atoms with Crippen LogP contribution in [0.2, 0.25) is 0 Å². The Labute approximate surface area is 91.5 Å². The van der Waals surface area contributed by atoms with Gasteiger partial charge in [0.2, 0.25) is 0 Å². The molecule has 1 saturated heterocycles. The Kier molecular flexibility index (Phi) is 3.75. The first-order valence-electron chi connectivity index (χ1n) is 5.79. The van der Waals surface area contributed by atoms with Crippen LogP contribution in [0.4, 0.5) is 0 Å². The molecule has 1 aromatic rings. The Bertz CT molecular complexity index is 286. The molecule has 0 aromatic heterocycles. The monoisotopic (exact) mass is 205 g/mol. The molecule has 2 rings (SSSR count). The van der Waals surface area contributed by atoms with Crippen LogP contribution in [0.5, 0.6) is 0 Å². The van der Waals surface area contributed by atoms with Crippen LogP contribution < -0.4 is 0 Å². The minimum Gasteiger partial charge on any atom is -0.396 e. The summed E-state index contributed by atoms with van der Waals surface area (Å²) in [6.45, 7) is 2.61. The first kappa shape index (κ1) is 10.7. The van der Waals surface area contributed by atoms with Crippen molar-refractivity contribution in [2.45, 2.75) is 31.8 Å². The molecule has 0 saturated carbocycles. The molecule has 1 unspecified atom stereocenters. The molecule has 15 heavy (non-hydrogen) atoms. The predicted molar refractivity (Wildman–Crippen MR) is 61.6 cm³/mol. The lowest BCUT2D eigenvalue weighted by molar-refractivity contribution is 0.0695. The molecule has 0 radical (unpaired) electrons. The molecule has 0 bridgehead atoms. The molecular formula is C13H19NO. The summed E-state index contributed by atoms with van der Waals surface area (Å²) in [4.78, 5) is 2.50. The van der Waals surface area contributed by atoms with E-state index in [4.69, 9.17) is 5.11 Å². The summed E-state index contributed by atoms with van der Waals surface area (Å²) in [6, 6.07) is 11.3. The van der Waals surface area contributed by atoms with Crippen molar-refractivity contribution in [2.24, 2.45) is 0 Å². The molecule has 2 nitrogen and oxygen atoms in total. The number of nitrogens with zero attached hydrogens (tertiary/aromatic N) is 1. The van der Waals surface area contributed by atoms with Crippen LogP contribution >= 0.6 is 0 Å². The maximum atomic E-state index is 8.79. The van der Waals surface area contributed by atoms with Gasteiger partial charge in [-0.3, -0.25) is 4.90 Å². The predicted octanol–water partition coefficient (Wildman–Crippen LogP) is 2.03. The lowest BCUT2D eigenvalue weighted by Crippen LogP contribution is -2.46. The van der Waals surface area contributed by atoms with E-state index in [0.717, 1.165) is 19.4 Å². The van der Waals surface area contributed by atoms with Crippen molar-refractivity contribution in [3.8, 4) is 0 Å². The average molecular weight is 205 g/mol. The van der Waals surface area contributed by atoms with E-state index >= 15 is 0 Å². The standard InChI is InChI=1S/C13H19NO/c15-10-4-7-13-8-9-14(13)11-12-5-2-1-3-6-12/h1-3,5-6,13,15H,4,7-11H2. The molecule has 2 heteroatoms. The van der Waals surface area contributed by atoms with Crippen molar-refractivity contribution in [2.75, 3.05) is 13.2 Å². The molecular weight excluding hydrogens is 186 g/mol. The second-order valence-corrected chi connectivity index (χ2v) is 4.26. The third-order valence-electron chi connectivity index (χ3n) is 3.19. The van der Waals surface area contributed by atoms with Crippen molar-refractivity contribution < 1.29 is 5.11 Å². The Hall–Kier alpha value is -0.860. The summed E-state index contributed by atoms with van der Waals surface area (Å²) in [5.41, 5.74) is 1.39. The van der Waals surface area contributed by atoms with Crippen molar-refractivity contribution in [1.82, 2.24) is 4.90 Å². The second kappa shape index (κ2) is 5.29. The van der Waals surface area contributed by atoms with E-state index in [0.29, 0.717) is 12.6 Å². The van der Waals surface area contributed by atoms with Gasteiger partial charge in [-0.15, -0.1) is 0 Å². The third-order valence-corrected chi connectivity index (χ3v) is 3.19. The number of aliphatic hydroxyl groups excluding tert-OH is 1. The molecule has 1 aliphatic heterocycles. The van der Waals surface area contributed by atoms with Gasteiger partial charge in [0, 0.05) is 25.7 Å². The Balaban J connectivity index is 1.80. The van der Waals surface area contributed by atoms with E-state index < -0.39 is 0 Å². The zero-order chi connectivity index (χ0) is 10.5. The minimum absolute atomic E-state index is 0.329. The van der Waals surface area contributed by atoms with Gasteiger partial charge in [0.1, 0.15) is 0 Å². The van der Waals surface area contributed by atoms with Crippen LogP contribution in [-0.2, 0) is 6.54 Å². The van der Waals surface area contributed by atoms with Crippen LogP contribution in [0.25, 0.3) is 0 Å². The Morgan fingerprint density at radius 3 is 2.67 bits per heavy atom. The molecule has 1 atom stereocenters. The lowest BCUT2D eigenvalue weighted by Gasteiger charge is -2.41. The normalized spacial score (nSPS) is 21.3. The number of hydrogen-bond acceptors (Lipinski definition) is 2.